The van der Waals surface area contributed by atoms with Crippen molar-refractivity contribution in [3.8, 4) is 5.75 Å². The van der Waals surface area contributed by atoms with Gasteiger partial charge in [-0.3, -0.25) is 9.89 Å². The molecule has 0 saturated carbocycles. The van der Waals surface area contributed by atoms with Crippen LogP contribution >= 0.6 is 0 Å². The minimum absolute atomic E-state index is 0.201. The molecule has 3 rings (SSSR count). The quantitative estimate of drug-likeness (QED) is 0.498. The molecule has 0 saturated heterocycles. The van der Waals surface area contributed by atoms with Crippen LogP contribution in [-0.2, 0) is 13.1 Å². The minimum atomic E-state index is 0.201. The molecule has 3 aromatic rings. The van der Waals surface area contributed by atoms with E-state index in [-0.39, 0.29) is 6.04 Å². The highest BCUT2D eigenvalue weighted by Crippen LogP contribution is 2.18. The average Bonchev–Trinajstić information content (AvgIpc) is 2.73. The van der Waals surface area contributed by atoms with Gasteiger partial charge in [-0.15, -0.1) is 0 Å². The van der Waals surface area contributed by atoms with Crippen molar-refractivity contribution < 1.29 is 4.74 Å². The largest absolute Gasteiger partial charge is 0.497 e. The van der Waals surface area contributed by atoms with E-state index in [9.17, 15) is 0 Å². The van der Waals surface area contributed by atoms with Crippen LogP contribution in [0, 0.1) is 0 Å². The third-order valence-electron chi connectivity index (χ3n) is 4.54. The zero-order chi connectivity index (χ0) is 18.9. The first-order chi connectivity index (χ1) is 13.2. The maximum Gasteiger partial charge on any atom is 0.119 e. The highest BCUT2D eigenvalue weighted by molar-refractivity contribution is 5.68. The monoisotopic (exact) mass is 358 g/mol. The summed E-state index contributed by atoms with van der Waals surface area (Å²) in [4.78, 5) is 7.09. The van der Waals surface area contributed by atoms with Gasteiger partial charge in [0.1, 0.15) is 5.75 Å². The Labute approximate surface area is 162 Å². The second-order valence-corrected chi connectivity index (χ2v) is 6.59. The Hall–Kier alpha value is -2.91. The van der Waals surface area contributed by atoms with Gasteiger partial charge in [0.15, 0.2) is 0 Å². The van der Waals surface area contributed by atoms with Gasteiger partial charge in [0.05, 0.1) is 12.8 Å². The van der Waals surface area contributed by atoms with Crippen LogP contribution < -0.4 is 4.74 Å². The van der Waals surface area contributed by atoms with E-state index in [0.717, 1.165) is 24.5 Å². The number of nitrogens with zero attached hydrogens (tertiary/aromatic N) is 2. The van der Waals surface area contributed by atoms with Crippen molar-refractivity contribution in [3.63, 3.8) is 0 Å². The highest BCUT2D eigenvalue weighted by Gasteiger charge is 2.13. The van der Waals surface area contributed by atoms with E-state index < -0.39 is 0 Å². The number of rotatable bonds is 8. The molecule has 0 amide bonds. The van der Waals surface area contributed by atoms with E-state index >= 15 is 0 Å². The number of ether oxygens (including phenoxy) is 1. The third kappa shape index (κ3) is 5.80. The number of hydrogen-bond donors (Lipinski definition) is 0. The van der Waals surface area contributed by atoms with Gasteiger partial charge in [-0.25, -0.2) is 0 Å². The molecule has 3 heteroatoms. The molecule has 3 nitrogen and oxygen atoms in total. The van der Waals surface area contributed by atoms with E-state index in [1.807, 2.05) is 30.5 Å². The summed E-state index contributed by atoms with van der Waals surface area (Å²) in [6.45, 7) is 3.95. The Morgan fingerprint density at radius 1 is 0.815 bits per heavy atom. The predicted molar refractivity (Wildman–Crippen MR) is 113 cm³/mol. The van der Waals surface area contributed by atoms with E-state index in [0.29, 0.717) is 0 Å². The third-order valence-corrected chi connectivity index (χ3v) is 4.54. The zero-order valence-corrected chi connectivity index (χ0v) is 16.0. The van der Waals surface area contributed by atoms with Crippen LogP contribution in [0.1, 0.15) is 18.1 Å². The smallest absolute Gasteiger partial charge is 0.119 e. The Balaban J connectivity index is 1.74. The normalized spacial score (nSPS) is 12.4. The number of hydrogen-bond acceptors (Lipinski definition) is 3. The van der Waals surface area contributed by atoms with Crippen molar-refractivity contribution >= 4 is 11.9 Å². The average molecular weight is 358 g/mol. The molecule has 0 aromatic heterocycles. The van der Waals surface area contributed by atoms with Crippen LogP contribution in [0.4, 0.5) is 5.69 Å². The van der Waals surface area contributed by atoms with Gasteiger partial charge in [0.2, 0.25) is 0 Å². The lowest BCUT2D eigenvalue weighted by atomic mass is 10.1. The molecule has 0 N–H and O–H groups in total. The van der Waals surface area contributed by atoms with E-state index in [2.05, 4.69) is 77.5 Å². The van der Waals surface area contributed by atoms with Crippen LogP contribution in [0.2, 0.25) is 0 Å². The van der Waals surface area contributed by atoms with Crippen molar-refractivity contribution in [1.29, 1.82) is 0 Å². The minimum Gasteiger partial charge on any atom is -0.497 e. The summed E-state index contributed by atoms with van der Waals surface area (Å²) in [7, 11) is 1.67. The lowest BCUT2D eigenvalue weighted by molar-refractivity contribution is 0.238. The first-order valence-corrected chi connectivity index (χ1v) is 9.25. The van der Waals surface area contributed by atoms with Crippen molar-refractivity contribution in [1.82, 2.24) is 4.90 Å². The summed E-state index contributed by atoms with van der Waals surface area (Å²) in [5, 5.41) is 0. The Morgan fingerprint density at radius 2 is 1.33 bits per heavy atom. The van der Waals surface area contributed by atoms with Crippen molar-refractivity contribution in [2.75, 3.05) is 7.11 Å². The molecule has 0 radical (unpaired) electrons. The first kappa shape index (κ1) is 18.9. The maximum absolute atomic E-state index is 5.21. The molecule has 138 valence electrons. The van der Waals surface area contributed by atoms with Gasteiger partial charge in [0.25, 0.3) is 0 Å². The van der Waals surface area contributed by atoms with E-state index in [1.165, 1.54) is 11.1 Å². The fourth-order valence-corrected chi connectivity index (χ4v) is 2.94. The molecule has 0 aliphatic carbocycles. The van der Waals surface area contributed by atoms with Crippen molar-refractivity contribution in [3.05, 3.63) is 96.1 Å². The highest BCUT2D eigenvalue weighted by atomic mass is 16.5. The topological polar surface area (TPSA) is 24.8 Å². The molecule has 27 heavy (non-hydrogen) atoms. The van der Waals surface area contributed by atoms with Gasteiger partial charge >= 0.3 is 0 Å². The first-order valence-electron chi connectivity index (χ1n) is 9.25. The Kier molecular flexibility index (Phi) is 6.78. The number of methoxy groups -OCH3 is 1. The maximum atomic E-state index is 5.21. The fourth-order valence-electron chi connectivity index (χ4n) is 2.94. The van der Waals surface area contributed by atoms with Gasteiger partial charge < -0.3 is 4.74 Å². The summed E-state index contributed by atoms with van der Waals surface area (Å²) >= 11 is 0. The summed E-state index contributed by atoms with van der Waals surface area (Å²) in [5.41, 5.74) is 3.54. The second kappa shape index (κ2) is 9.70. The zero-order valence-electron chi connectivity index (χ0n) is 16.0. The van der Waals surface area contributed by atoms with Gasteiger partial charge in [-0.05, 0) is 42.3 Å². The Morgan fingerprint density at radius 3 is 1.81 bits per heavy atom. The van der Waals surface area contributed by atoms with Crippen LogP contribution in [0.25, 0.3) is 0 Å². The second-order valence-electron chi connectivity index (χ2n) is 6.59. The van der Waals surface area contributed by atoms with Crippen LogP contribution in [0.3, 0.4) is 0 Å². The summed E-state index contributed by atoms with van der Waals surface area (Å²) in [6.07, 6.45) is 2.02. The summed E-state index contributed by atoms with van der Waals surface area (Å²) in [6, 6.07) is 29.2. The van der Waals surface area contributed by atoms with Gasteiger partial charge in [-0.1, -0.05) is 60.7 Å². The molecule has 0 aliphatic rings. The standard InChI is InChI=1S/C24H26N2O/c1-20(17-25-23-13-15-24(27-2)16-14-23)26(18-21-9-5-3-6-10-21)19-22-11-7-4-8-12-22/h3-17,20H,18-19H2,1-2H3/t20-/m0/s1. The van der Waals surface area contributed by atoms with Crippen LogP contribution in [0.15, 0.2) is 89.9 Å². The van der Waals surface area contributed by atoms with Crippen LogP contribution in [-0.4, -0.2) is 24.3 Å². The van der Waals surface area contributed by atoms with Crippen molar-refractivity contribution in [2.24, 2.45) is 4.99 Å². The molecule has 0 bridgehead atoms. The van der Waals surface area contributed by atoms with Gasteiger partial charge in [-0.2, -0.15) is 0 Å². The molecule has 0 unspecified atom stereocenters. The molecular formula is C24H26N2O. The molecule has 3 aromatic carbocycles. The SMILES string of the molecule is COc1ccc(N=C[C@H](C)N(Cc2ccccc2)Cc2ccccc2)cc1. The summed E-state index contributed by atoms with van der Waals surface area (Å²) in [5.74, 6) is 0.844. The number of aliphatic imine (C=N–C) groups is 1. The summed E-state index contributed by atoms with van der Waals surface area (Å²) < 4.78 is 5.21. The lowest BCUT2D eigenvalue weighted by Crippen LogP contribution is -2.33. The van der Waals surface area contributed by atoms with E-state index in [4.69, 9.17) is 4.74 Å². The fraction of sp³-hybridized carbons (Fsp3) is 0.208. The van der Waals surface area contributed by atoms with Crippen LogP contribution in [0.5, 0.6) is 5.75 Å². The lowest BCUT2D eigenvalue weighted by Gasteiger charge is -2.27. The van der Waals surface area contributed by atoms with Gasteiger partial charge in [0, 0.05) is 25.3 Å². The molecular weight excluding hydrogens is 332 g/mol. The molecule has 1 atom stereocenters. The predicted octanol–water partition coefficient (Wildman–Crippen LogP) is 5.49. The van der Waals surface area contributed by atoms with E-state index in [1.54, 1.807) is 7.11 Å². The molecule has 0 aliphatic heterocycles. The molecule has 0 heterocycles. The number of benzene rings is 3. The van der Waals surface area contributed by atoms with Crippen molar-refractivity contribution in [2.45, 2.75) is 26.1 Å². The Bertz CT molecular complexity index is 788. The molecule has 0 fully saturated rings. The molecule has 0 spiro atoms.